The van der Waals surface area contributed by atoms with Crippen LogP contribution >= 0.6 is 0 Å². The minimum atomic E-state index is 0.0929. The van der Waals surface area contributed by atoms with Crippen molar-refractivity contribution in [3.8, 4) is 0 Å². The molecule has 2 N–H and O–H groups in total. The Bertz CT molecular complexity index is 470. The maximum atomic E-state index is 12.5. The summed E-state index contributed by atoms with van der Waals surface area (Å²) in [6.07, 6.45) is 2.16. The third-order valence-electron chi connectivity index (χ3n) is 3.94. The van der Waals surface area contributed by atoms with Crippen molar-refractivity contribution in [3.05, 3.63) is 29.1 Å². The van der Waals surface area contributed by atoms with Gasteiger partial charge in [0.25, 0.3) is 5.91 Å². The first-order valence-corrected chi connectivity index (χ1v) is 6.98. The number of aryl methyl sites for hydroxylation is 2. The molecule has 0 bridgehead atoms. The Kier molecular flexibility index (Phi) is 4.20. The van der Waals surface area contributed by atoms with Crippen LogP contribution in [-0.4, -0.2) is 34.9 Å². The maximum absolute atomic E-state index is 12.5. The van der Waals surface area contributed by atoms with Crippen LogP contribution in [0.25, 0.3) is 0 Å². The molecule has 0 unspecified atom stereocenters. The number of likely N-dealkylation sites (tertiary alicyclic amines) is 1. The smallest absolute Gasteiger partial charge is 0.255 e. The van der Waals surface area contributed by atoms with Crippen LogP contribution in [0.3, 0.4) is 0 Å². The van der Waals surface area contributed by atoms with E-state index in [4.69, 9.17) is 5.73 Å². The van der Waals surface area contributed by atoms with E-state index in [9.17, 15) is 4.79 Å². The van der Waals surface area contributed by atoms with Crippen molar-refractivity contribution in [2.75, 3.05) is 13.1 Å². The lowest BCUT2D eigenvalue weighted by Gasteiger charge is -2.34. The van der Waals surface area contributed by atoms with Crippen molar-refractivity contribution in [1.82, 2.24) is 9.88 Å². The van der Waals surface area contributed by atoms with Crippen molar-refractivity contribution in [1.29, 1.82) is 0 Å². The summed E-state index contributed by atoms with van der Waals surface area (Å²) in [7, 11) is 0. The fourth-order valence-corrected chi connectivity index (χ4v) is 2.71. The molecule has 0 spiro atoms. The molecule has 1 fully saturated rings. The van der Waals surface area contributed by atoms with Crippen LogP contribution in [0, 0.1) is 19.8 Å². The monoisotopic (exact) mass is 261 g/mol. The standard InChI is InChI=1S/C15H23N3O/c1-10-6-7-14(12(3)17-10)15(19)18-8-4-5-13(9-18)11(2)16/h6-7,11,13H,4-5,8-9,16H2,1-3H3/t11-,13-/m1/s1. The molecule has 0 aromatic carbocycles. The first kappa shape index (κ1) is 14.0. The second-order valence-corrected chi connectivity index (χ2v) is 5.60. The van der Waals surface area contributed by atoms with Crippen molar-refractivity contribution in [2.45, 2.75) is 39.7 Å². The van der Waals surface area contributed by atoms with Crippen LogP contribution in [0.15, 0.2) is 12.1 Å². The van der Waals surface area contributed by atoms with Crippen LogP contribution in [-0.2, 0) is 0 Å². The summed E-state index contributed by atoms with van der Waals surface area (Å²) in [6, 6.07) is 3.93. The lowest BCUT2D eigenvalue weighted by molar-refractivity contribution is 0.0659. The zero-order chi connectivity index (χ0) is 14.0. The average molecular weight is 261 g/mol. The molecule has 1 aliphatic heterocycles. The lowest BCUT2D eigenvalue weighted by atomic mass is 9.92. The van der Waals surface area contributed by atoms with E-state index in [1.54, 1.807) is 0 Å². The molecule has 1 aromatic rings. The fraction of sp³-hybridized carbons (Fsp3) is 0.600. The van der Waals surface area contributed by atoms with Gasteiger partial charge in [0.15, 0.2) is 0 Å². The van der Waals surface area contributed by atoms with Crippen LogP contribution in [0.1, 0.15) is 41.5 Å². The van der Waals surface area contributed by atoms with Gasteiger partial charge in [-0.1, -0.05) is 0 Å². The van der Waals surface area contributed by atoms with E-state index in [2.05, 4.69) is 4.98 Å². The van der Waals surface area contributed by atoms with Gasteiger partial charge in [-0.15, -0.1) is 0 Å². The van der Waals surface area contributed by atoms with Gasteiger partial charge in [0.05, 0.1) is 11.3 Å². The van der Waals surface area contributed by atoms with E-state index >= 15 is 0 Å². The molecule has 2 heterocycles. The number of aromatic nitrogens is 1. The molecular formula is C15H23N3O. The van der Waals surface area contributed by atoms with Crippen LogP contribution in [0.4, 0.5) is 0 Å². The van der Waals surface area contributed by atoms with E-state index in [-0.39, 0.29) is 11.9 Å². The summed E-state index contributed by atoms with van der Waals surface area (Å²) in [6.45, 7) is 7.46. The zero-order valence-corrected chi connectivity index (χ0v) is 12.0. The van der Waals surface area contributed by atoms with E-state index in [0.29, 0.717) is 5.92 Å². The van der Waals surface area contributed by atoms with Crippen molar-refractivity contribution >= 4 is 5.91 Å². The Hall–Kier alpha value is -1.42. The van der Waals surface area contributed by atoms with Crippen molar-refractivity contribution < 1.29 is 4.79 Å². The fourth-order valence-electron chi connectivity index (χ4n) is 2.71. The SMILES string of the molecule is Cc1ccc(C(=O)N2CCC[C@@H]([C@@H](C)N)C2)c(C)n1. The minimum Gasteiger partial charge on any atom is -0.338 e. The molecule has 104 valence electrons. The lowest BCUT2D eigenvalue weighted by Crippen LogP contribution is -2.45. The van der Waals surface area contributed by atoms with Gasteiger partial charge in [-0.2, -0.15) is 0 Å². The highest BCUT2D eigenvalue weighted by atomic mass is 16.2. The number of hydrogen-bond acceptors (Lipinski definition) is 3. The number of pyridine rings is 1. The van der Waals surface area contributed by atoms with Gasteiger partial charge in [0, 0.05) is 24.8 Å². The van der Waals surface area contributed by atoms with Crippen LogP contribution in [0.5, 0.6) is 0 Å². The Morgan fingerprint density at radius 1 is 1.47 bits per heavy atom. The molecule has 0 saturated carbocycles. The summed E-state index contributed by atoms with van der Waals surface area (Å²) >= 11 is 0. The molecule has 1 amide bonds. The number of piperidine rings is 1. The highest BCUT2D eigenvalue weighted by Crippen LogP contribution is 2.21. The Labute approximate surface area is 115 Å². The Morgan fingerprint density at radius 2 is 2.21 bits per heavy atom. The first-order valence-electron chi connectivity index (χ1n) is 6.98. The minimum absolute atomic E-state index is 0.0929. The quantitative estimate of drug-likeness (QED) is 0.884. The highest BCUT2D eigenvalue weighted by molar-refractivity contribution is 5.95. The predicted octanol–water partition coefficient (Wildman–Crippen LogP) is 1.90. The molecule has 1 saturated heterocycles. The van der Waals surface area contributed by atoms with Gasteiger partial charge < -0.3 is 10.6 Å². The van der Waals surface area contributed by atoms with Crippen molar-refractivity contribution in [2.24, 2.45) is 11.7 Å². The number of amides is 1. The number of carbonyl (C=O) groups excluding carboxylic acids is 1. The molecule has 19 heavy (non-hydrogen) atoms. The molecule has 4 heteroatoms. The number of carbonyl (C=O) groups is 1. The third-order valence-corrected chi connectivity index (χ3v) is 3.94. The molecular weight excluding hydrogens is 238 g/mol. The number of rotatable bonds is 2. The molecule has 1 aliphatic rings. The van der Waals surface area contributed by atoms with E-state index in [1.165, 1.54) is 0 Å². The second kappa shape index (κ2) is 5.70. The largest absolute Gasteiger partial charge is 0.338 e. The predicted molar refractivity (Wildman–Crippen MR) is 76.0 cm³/mol. The normalized spacial score (nSPS) is 21.3. The van der Waals surface area contributed by atoms with Gasteiger partial charge in [0.2, 0.25) is 0 Å². The Balaban J connectivity index is 2.15. The molecule has 2 atom stereocenters. The summed E-state index contributed by atoms with van der Waals surface area (Å²) in [5, 5.41) is 0. The highest BCUT2D eigenvalue weighted by Gasteiger charge is 2.27. The van der Waals surface area contributed by atoms with E-state index < -0.39 is 0 Å². The van der Waals surface area contributed by atoms with Crippen LogP contribution in [0.2, 0.25) is 0 Å². The number of hydrogen-bond donors (Lipinski definition) is 1. The topological polar surface area (TPSA) is 59.2 Å². The summed E-state index contributed by atoms with van der Waals surface area (Å²) in [5.41, 5.74) is 8.44. The second-order valence-electron chi connectivity index (χ2n) is 5.60. The molecule has 0 aliphatic carbocycles. The van der Waals surface area contributed by atoms with Crippen LogP contribution < -0.4 is 5.73 Å². The summed E-state index contributed by atoms with van der Waals surface area (Å²) in [4.78, 5) is 18.8. The molecule has 0 radical (unpaired) electrons. The van der Waals surface area contributed by atoms with Crippen molar-refractivity contribution in [3.63, 3.8) is 0 Å². The van der Waals surface area contributed by atoms with Gasteiger partial charge in [-0.25, -0.2) is 0 Å². The van der Waals surface area contributed by atoms with Gasteiger partial charge in [-0.3, -0.25) is 9.78 Å². The number of nitrogens with zero attached hydrogens (tertiary/aromatic N) is 2. The van der Waals surface area contributed by atoms with E-state index in [1.807, 2.05) is 37.8 Å². The van der Waals surface area contributed by atoms with Gasteiger partial charge in [-0.05, 0) is 51.7 Å². The third kappa shape index (κ3) is 3.13. The number of nitrogens with two attached hydrogens (primary N) is 1. The first-order chi connectivity index (χ1) is 8.99. The molecule has 2 rings (SSSR count). The Morgan fingerprint density at radius 3 is 2.84 bits per heavy atom. The molecule has 4 nitrogen and oxygen atoms in total. The van der Waals surface area contributed by atoms with E-state index in [0.717, 1.165) is 42.9 Å². The molecule has 1 aromatic heterocycles. The average Bonchev–Trinajstić information content (AvgIpc) is 2.38. The van der Waals surface area contributed by atoms with Gasteiger partial charge in [0.1, 0.15) is 0 Å². The summed E-state index contributed by atoms with van der Waals surface area (Å²) < 4.78 is 0. The summed E-state index contributed by atoms with van der Waals surface area (Å²) in [5.74, 6) is 0.506. The zero-order valence-electron chi connectivity index (χ0n) is 12.0. The van der Waals surface area contributed by atoms with Gasteiger partial charge >= 0.3 is 0 Å². The maximum Gasteiger partial charge on any atom is 0.255 e.